The average molecular weight is 349 g/mol. The Kier molecular flexibility index (Phi) is 3.84. The van der Waals surface area contributed by atoms with Gasteiger partial charge in [-0.15, -0.1) is 0 Å². The smallest absolute Gasteiger partial charge is 0.231 e. The number of halogens is 1. The molecule has 0 saturated heterocycles. The third-order valence-corrected chi connectivity index (χ3v) is 3.70. The van der Waals surface area contributed by atoms with Crippen molar-refractivity contribution < 1.29 is 19.0 Å². The molecule has 0 saturated carbocycles. The highest BCUT2D eigenvalue weighted by Crippen LogP contribution is 2.32. The first-order valence-corrected chi connectivity index (χ1v) is 7.24. The summed E-state index contributed by atoms with van der Waals surface area (Å²) in [6.07, 6.45) is 0. The van der Waals surface area contributed by atoms with Gasteiger partial charge in [0.15, 0.2) is 23.9 Å². The van der Waals surface area contributed by atoms with Crippen molar-refractivity contribution in [3.8, 4) is 17.2 Å². The number of ketones is 1. The van der Waals surface area contributed by atoms with Crippen LogP contribution in [0.2, 0.25) is 0 Å². The number of Topliss-reactive ketones (excluding diaryl/α,β-unsaturated/α-hetero) is 1. The van der Waals surface area contributed by atoms with Gasteiger partial charge >= 0.3 is 0 Å². The number of hydrogen-bond acceptors (Lipinski definition) is 4. The van der Waals surface area contributed by atoms with E-state index in [1.807, 2.05) is 25.1 Å². The van der Waals surface area contributed by atoms with Gasteiger partial charge in [-0.2, -0.15) is 0 Å². The SMILES string of the molecule is Cc1ccc(Br)cc1OCC(=O)c1ccc2c(c1)OCO2. The van der Waals surface area contributed by atoms with E-state index in [0.29, 0.717) is 22.8 Å². The summed E-state index contributed by atoms with van der Waals surface area (Å²) in [5.74, 6) is 1.85. The fourth-order valence-corrected chi connectivity index (χ4v) is 2.37. The van der Waals surface area contributed by atoms with Crippen molar-refractivity contribution >= 4 is 21.7 Å². The van der Waals surface area contributed by atoms with Crippen molar-refractivity contribution in [2.75, 3.05) is 13.4 Å². The minimum absolute atomic E-state index is 0.0169. The first kappa shape index (κ1) is 13.9. The molecular formula is C16H13BrO4. The van der Waals surface area contributed by atoms with E-state index in [9.17, 15) is 4.79 Å². The summed E-state index contributed by atoms with van der Waals surface area (Å²) in [5.41, 5.74) is 1.53. The predicted molar refractivity (Wildman–Crippen MR) is 81.3 cm³/mol. The fraction of sp³-hybridized carbons (Fsp3) is 0.188. The maximum atomic E-state index is 12.2. The highest BCUT2D eigenvalue weighted by Gasteiger charge is 2.16. The highest BCUT2D eigenvalue weighted by atomic mass is 79.9. The summed E-state index contributed by atoms with van der Waals surface area (Å²) in [5, 5.41) is 0. The van der Waals surface area contributed by atoms with Crippen LogP contribution in [0.25, 0.3) is 0 Å². The molecule has 0 amide bonds. The monoisotopic (exact) mass is 348 g/mol. The lowest BCUT2D eigenvalue weighted by atomic mass is 10.1. The van der Waals surface area contributed by atoms with E-state index in [2.05, 4.69) is 15.9 Å². The molecule has 0 fully saturated rings. The second-order valence-electron chi connectivity index (χ2n) is 4.69. The molecule has 5 heteroatoms. The lowest BCUT2D eigenvalue weighted by Crippen LogP contribution is -2.12. The van der Waals surface area contributed by atoms with E-state index >= 15 is 0 Å². The Morgan fingerprint density at radius 1 is 1.19 bits per heavy atom. The number of ether oxygens (including phenoxy) is 3. The van der Waals surface area contributed by atoms with Gasteiger partial charge in [-0.05, 0) is 42.8 Å². The van der Waals surface area contributed by atoms with Crippen molar-refractivity contribution in [1.29, 1.82) is 0 Å². The van der Waals surface area contributed by atoms with Gasteiger partial charge in [-0.1, -0.05) is 22.0 Å². The van der Waals surface area contributed by atoms with Crippen molar-refractivity contribution in [2.24, 2.45) is 0 Å². The molecule has 1 heterocycles. The van der Waals surface area contributed by atoms with Crippen molar-refractivity contribution in [3.05, 3.63) is 52.0 Å². The van der Waals surface area contributed by atoms with E-state index < -0.39 is 0 Å². The van der Waals surface area contributed by atoms with E-state index in [-0.39, 0.29) is 19.2 Å². The Bertz CT molecular complexity index is 697. The predicted octanol–water partition coefficient (Wildman–Crippen LogP) is 3.75. The standard InChI is InChI=1S/C16H13BrO4/c1-10-2-4-12(17)7-15(10)19-8-13(18)11-3-5-14-16(6-11)21-9-20-14/h2-7H,8-9H2,1H3. The van der Waals surface area contributed by atoms with Crippen LogP contribution in [0.5, 0.6) is 17.2 Å². The number of rotatable bonds is 4. The molecule has 4 nitrogen and oxygen atoms in total. The number of benzene rings is 2. The number of aryl methyl sites for hydroxylation is 1. The van der Waals surface area contributed by atoms with E-state index in [4.69, 9.17) is 14.2 Å². The lowest BCUT2D eigenvalue weighted by molar-refractivity contribution is 0.0920. The Balaban J connectivity index is 1.70. The van der Waals surface area contributed by atoms with Gasteiger partial charge < -0.3 is 14.2 Å². The highest BCUT2D eigenvalue weighted by molar-refractivity contribution is 9.10. The number of carbonyl (C=O) groups is 1. The van der Waals surface area contributed by atoms with Gasteiger partial charge in [0.2, 0.25) is 6.79 Å². The first-order valence-electron chi connectivity index (χ1n) is 6.45. The topological polar surface area (TPSA) is 44.8 Å². The largest absolute Gasteiger partial charge is 0.485 e. The molecule has 2 aromatic carbocycles. The molecule has 3 rings (SSSR count). The molecule has 0 aliphatic carbocycles. The first-order chi connectivity index (χ1) is 10.1. The van der Waals surface area contributed by atoms with Crippen LogP contribution in [0.3, 0.4) is 0 Å². The van der Waals surface area contributed by atoms with Crippen LogP contribution >= 0.6 is 15.9 Å². The summed E-state index contributed by atoms with van der Waals surface area (Å²) in [7, 11) is 0. The van der Waals surface area contributed by atoms with Crippen LogP contribution in [0.4, 0.5) is 0 Å². The minimum atomic E-state index is -0.104. The maximum Gasteiger partial charge on any atom is 0.231 e. The maximum absolute atomic E-state index is 12.2. The molecule has 0 aromatic heterocycles. The zero-order valence-electron chi connectivity index (χ0n) is 11.4. The van der Waals surface area contributed by atoms with Gasteiger partial charge in [0.25, 0.3) is 0 Å². The molecular weight excluding hydrogens is 336 g/mol. The summed E-state index contributed by atoms with van der Waals surface area (Å²) in [6, 6.07) is 10.9. The number of hydrogen-bond donors (Lipinski definition) is 0. The molecule has 0 unspecified atom stereocenters. The van der Waals surface area contributed by atoms with Crippen molar-refractivity contribution in [3.63, 3.8) is 0 Å². The molecule has 2 aromatic rings. The Hall–Kier alpha value is -2.01. The molecule has 0 radical (unpaired) electrons. The van der Waals surface area contributed by atoms with Crippen LogP contribution in [0, 0.1) is 6.92 Å². The van der Waals surface area contributed by atoms with Crippen LogP contribution in [0.15, 0.2) is 40.9 Å². The third-order valence-electron chi connectivity index (χ3n) is 3.20. The fourth-order valence-electron chi connectivity index (χ4n) is 2.03. The van der Waals surface area contributed by atoms with Gasteiger partial charge in [0, 0.05) is 10.0 Å². The van der Waals surface area contributed by atoms with Crippen LogP contribution in [-0.2, 0) is 0 Å². The van der Waals surface area contributed by atoms with Crippen LogP contribution < -0.4 is 14.2 Å². The van der Waals surface area contributed by atoms with E-state index in [1.54, 1.807) is 18.2 Å². The average Bonchev–Trinajstić information content (AvgIpc) is 2.95. The van der Waals surface area contributed by atoms with Gasteiger partial charge in [-0.3, -0.25) is 4.79 Å². The molecule has 0 atom stereocenters. The zero-order valence-corrected chi connectivity index (χ0v) is 13.0. The Morgan fingerprint density at radius 3 is 2.86 bits per heavy atom. The summed E-state index contributed by atoms with van der Waals surface area (Å²) < 4.78 is 17.0. The molecule has 108 valence electrons. The molecule has 1 aliphatic rings. The van der Waals surface area contributed by atoms with E-state index in [0.717, 1.165) is 10.0 Å². The van der Waals surface area contributed by atoms with Gasteiger partial charge in [-0.25, -0.2) is 0 Å². The molecule has 0 N–H and O–H groups in total. The normalized spacial score (nSPS) is 12.3. The molecule has 0 spiro atoms. The van der Waals surface area contributed by atoms with Crippen LogP contribution in [-0.4, -0.2) is 19.2 Å². The quantitative estimate of drug-likeness (QED) is 0.789. The minimum Gasteiger partial charge on any atom is -0.485 e. The third kappa shape index (κ3) is 3.03. The molecule has 0 bridgehead atoms. The number of carbonyl (C=O) groups excluding carboxylic acids is 1. The summed E-state index contributed by atoms with van der Waals surface area (Å²) >= 11 is 3.39. The van der Waals surface area contributed by atoms with Crippen LogP contribution in [0.1, 0.15) is 15.9 Å². The Morgan fingerprint density at radius 2 is 2.00 bits per heavy atom. The van der Waals surface area contributed by atoms with E-state index in [1.165, 1.54) is 0 Å². The van der Waals surface area contributed by atoms with Crippen molar-refractivity contribution in [1.82, 2.24) is 0 Å². The lowest BCUT2D eigenvalue weighted by Gasteiger charge is -2.09. The van der Waals surface area contributed by atoms with Gasteiger partial charge in [0.05, 0.1) is 0 Å². The molecule has 1 aliphatic heterocycles. The van der Waals surface area contributed by atoms with Gasteiger partial charge in [0.1, 0.15) is 5.75 Å². The summed E-state index contributed by atoms with van der Waals surface area (Å²) in [6.45, 7) is 2.12. The summed E-state index contributed by atoms with van der Waals surface area (Å²) in [4.78, 5) is 12.2. The second kappa shape index (κ2) is 5.77. The molecule has 21 heavy (non-hydrogen) atoms. The Labute approximate surface area is 130 Å². The number of fused-ring (bicyclic) bond motifs is 1. The van der Waals surface area contributed by atoms with Crippen molar-refractivity contribution in [2.45, 2.75) is 6.92 Å². The second-order valence-corrected chi connectivity index (χ2v) is 5.61. The zero-order chi connectivity index (χ0) is 14.8.